The molecular weight excluding hydrogens is 343 g/mol. The second kappa shape index (κ2) is 8.19. The number of rotatable bonds is 3. The first-order valence-corrected chi connectivity index (χ1v) is 9.68. The lowest BCUT2D eigenvalue weighted by Gasteiger charge is -2.40. The van der Waals surface area contributed by atoms with Gasteiger partial charge in [-0.1, -0.05) is 24.3 Å². The number of piperidine rings is 1. The van der Waals surface area contributed by atoms with Crippen molar-refractivity contribution in [2.75, 3.05) is 39.4 Å². The van der Waals surface area contributed by atoms with Crippen molar-refractivity contribution in [1.82, 2.24) is 9.80 Å². The summed E-state index contributed by atoms with van der Waals surface area (Å²) in [7, 11) is 0. The Bertz CT molecular complexity index is 779. The van der Waals surface area contributed by atoms with Gasteiger partial charge >= 0.3 is 0 Å². The van der Waals surface area contributed by atoms with E-state index in [0.717, 1.165) is 63.4 Å². The van der Waals surface area contributed by atoms with Crippen molar-refractivity contribution < 1.29 is 13.9 Å². The Morgan fingerprint density at radius 2 is 1.63 bits per heavy atom. The average molecular weight is 368 g/mol. The fourth-order valence-corrected chi connectivity index (χ4v) is 4.03. The van der Waals surface area contributed by atoms with Gasteiger partial charge in [-0.05, 0) is 48.2 Å². The Morgan fingerprint density at radius 3 is 2.30 bits per heavy atom. The molecule has 2 heterocycles. The van der Waals surface area contributed by atoms with Crippen LogP contribution in [0, 0.1) is 5.82 Å². The maximum Gasteiger partial charge on any atom is 0.253 e. The van der Waals surface area contributed by atoms with Crippen LogP contribution in [0.1, 0.15) is 23.2 Å². The molecule has 0 unspecified atom stereocenters. The van der Waals surface area contributed by atoms with E-state index in [0.29, 0.717) is 11.6 Å². The molecule has 0 aliphatic carbocycles. The zero-order chi connectivity index (χ0) is 18.6. The van der Waals surface area contributed by atoms with Gasteiger partial charge in [-0.25, -0.2) is 4.39 Å². The molecule has 2 aliphatic rings. The molecule has 2 aliphatic heterocycles. The summed E-state index contributed by atoms with van der Waals surface area (Å²) in [5, 5.41) is 0. The lowest BCUT2D eigenvalue weighted by Crippen LogP contribution is -2.50. The van der Waals surface area contributed by atoms with Crippen LogP contribution in [0.5, 0.6) is 0 Å². The fourth-order valence-electron chi connectivity index (χ4n) is 4.03. The van der Waals surface area contributed by atoms with Crippen LogP contribution in [-0.4, -0.2) is 61.1 Å². The number of hydrogen-bond acceptors (Lipinski definition) is 3. The molecule has 0 radical (unpaired) electrons. The monoisotopic (exact) mass is 368 g/mol. The van der Waals surface area contributed by atoms with Crippen molar-refractivity contribution in [2.24, 2.45) is 0 Å². The smallest absolute Gasteiger partial charge is 0.253 e. The third-order valence-electron chi connectivity index (χ3n) is 5.60. The van der Waals surface area contributed by atoms with Crippen molar-refractivity contribution in [3.8, 4) is 11.1 Å². The van der Waals surface area contributed by atoms with Crippen molar-refractivity contribution in [1.29, 1.82) is 0 Å². The van der Waals surface area contributed by atoms with E-state index in [1.807, 2.05) is 35.2 Å². The molecule has 2 aromatic rings. The number of ether oxygens (including phenoxy) is 1. The van der Waals surface area contributed by atoms with E-state index in [2.05, 4.69) is 4.90 Å². The van der Waals surface area contributed by atoms with Crippen LogP contribution in [0.2, 0.25) is 0 Å². The van der Waals surface area contributed by atoms with Crippen molar-refractivity contribution in [3.05, 3.63) is 59.9 Å². The van der Waals surface area contributed by atoms with Crippen LogP contribution in [0.25, 0.3) is 11.1 Å². The minimum atomic E-state index is -0.254. The highest BCUT2D eigenvalue weighted by molar-refractivity contribution is 5.94. The minimum absolute atomic E-state index is 0.0845. The summed E-state index contributed by atoms with van der Waals surface area (Å²) < 4.78 is 18.8. The molecule has 4 rings (SSSR count). The van der Waals surface area contributed by atoms with Gasteiger partial charge in [0.05, 0.1) is 13.2 Å². The van der Waals surface area contributed by atoms with Crippen molar-refractivity contribution >= 4 is 5.91 Å². The van der Waals surface area contributed by atoms with Gasteiger partial charge in [0.1, 0.15) is 5.82 Å². The number of benzene rings is 2. The molecule has 0 spiro atoms. The van der Waals surface area contributed by atoms with Gasteiger partial charge in [-0.15, -0.1) is 0 Å². The van der Waals surface area contributed by atoms with Crippen LogP contribution in [0.15, 0.2) is 48.5 Å². The predicted molar refractivity (Wildman–Crippen MR) is 103 cm³/mol. The first-order valence-electron chi connectivity index (χ1n) is 9.68. The first kappa shape index (κ1) is 18.1. The highest BCUT2D eigenvalue weighted by Crippen LogP contribution is 2.23. The Balaban J connectivity index is 1.37. The maximum atomic E-state index is 13.4. The van der Waals surface area contributed by atoms with E-state index in [-0.39, 0.29) is 11.7 Å². The molecule has 5 heteroatoms. The van der Waals surface area contributed by atoms with Gasteiger partial charge in [0.2, 0.25) is 0 Å². The van der Waals surface area contributed by atoms with E-state index in [1.165, 1.54) is 12.1 Å². The van der Waals surface area contributed by atoms with Crippen molar-refractivity contribution in [3.63, 3.8) is 0 Å². The Hall–Kier alpha value is -2.24. The van der Waals surface area contributed by atoms with Crippen LogP contribution in [0.4, 0.5) is 4.39 Å². The summed E-state index contributed by atoms with van der Waals surface area (Å²) in [5.74, 6) is -0.169. The molecular formula is C22H25FN2O2. The van der Waals surface area contributed by atoms with Crippen LogP contribution in [-0.2, 0) is 4.74 Å². The number of halogens is 1. The highest BCUT2D eigenvalue weighted by Gasteiger charge is 2.28. The van der Waals surface area contributed by atoms with Gasteiger partial charge in [0.15, 0.2) is 0 Å². The van der Waals surface area contributed by atoms with E-state index in [4.69, 9.17) is 4.74 Å². The normalized spacial score (nSPS) is 19.2. The molecule has 4 nitrogen and oxygen atoms in total. The summed E-state index contributed by atoms with van der Waals surface area (Å²) >= 11 is 0. The van der Waals surface area contributed by atoms with Gasteiger partial charge in [0, 0.05) is 37.8 Å². The summed E-state index contributed by atoms with van der Waals surface area (Å²) in [5.41, 5.74) is 2.43. The number of likely N-dealkylation sites (tertiary alicyclic amines) is 1. The minimum Gasteiger partial charge on any atom is -0.379 e. The van der Waals surface area contributed by atoms with Crippen LogP contribution < -0.4 is 0 Å². The highest BCUT2D eigenvalue weighted by atomic mass is 19.1. The summed E-state index contributed by atoms with van der Waals surface area (Å²) in [6.07, 6.45) is 2.04. The topological polar surface area (TPSA) is 32.8 Å². The zero-order valence-corrected chi connectivity index (χ0v) is 15.4. The Labute approximate surface area is 159 Å². The molecule has 0 N–H and O–H groups in total. The Kier molecular flexibility index (Phi) is 5.50. The first-order chi connectivity index (χ1) is 13.2. The van der Waals surface area contributed by atoms with Crippen molar-refractivity contribution in [2.45, 2.75) is 18.9 Å². The fraction of sp³-hybridized carbons (Fsp3) is 0.409. The maximum absolute atomic E-state index is 13.4. The zero-order valence-electron chi connectivity index (χ0n) is 15.4. The van der Waals surface area contributed by atoms with E-state index in [1.54, 1.807) is 6.07 Å². The number of morpholine rings is 1. The van der Waals surface area contributed by atoms with E-state index >= 15 is 0 Å². The summed E-state index contributed by atoms with van der Waals surface area (Å²) in [6, 6.07) is 14.5. The predicted octanol–water partition coefficient (Wildman–Crippen LogP) is 3.43. The molecule has 27 heavy (non-hydrogen) atoms. The third-order valence-corrected chi connectivity index (χ3v) is 5.60. The molecule has 0 aromatic heterocycles. The number of amides is 1. The molecule has 1 amide bonds. The molecule has 0 saturated carbocycles. The Morgan fingerprint density at radius 1 is 0.926 bits per heavy atom. The quantitative estimate of drug-likeness (QED) is 0.832. The molecule has 2 saturated heterocycles. The number of carbonyl (C=O) groups is 1. The summed E-state index contributed by atoms with van der Waals surface area (Å²) in [4.78, 5) is 17.3. The number of hydrogen-bond donors (Lipinski definition) is 0. The standard InChI is InChI=1S/C22H25FN2O2/c23-20-3-1-2-19(16-20)17-4-6-18(7-5-17)22(26)25-10-8-21(9-11-25)24-12-14-27-15-13-24/h1-7,16,21H,8-15H2. The van der Waals surface area contributed by atoms with Gasteiger partial charge in [0.25, 0.3) is 5.91 Å². The number of nitrogens with zero attached hydrogens (tertiary/aromatic N) is 2. The molecule has 142 valence electrons. The lowest BCUT2D eigenvalue weighted by atomic mass is 10.0. The van der Waals surface area contributed by atoms with Crippen LogP contribution in [0.3, 0.4) is 0 Å². The molecule has 0 bridgehead atoms. The van der Waals surface area contributed by atoms with Gasteiger partial charge < -0.3 is 9.64 Å². The largest absolute Gasteiger partial charge is 0.379 e. The third kappa shape index (κ3) is 4.20. The van der Waals surface area contributed by atoms with Crippen LogP contribution >= 0.6 is 0 Å². The number of carbonyl (C=O) groups excluding carboxylic acids is 1. The van der Waals surface area contributed by atoms with E-state index < -0.39 is 0 Å². The SMILES string of the molecule is O=C(c1ccc(-c2cccc(F)c2)cc1)N1CCC(N2CCOCC2)CC1. The second-order valence-corrected chi connectivity index (χ2v) is 7.26. The second-order valence-electron chi connectivity index (χ2n) is 7.26. The molecule has 0 atom stereocenters. The molecule has 2 aromatic carbocycles. The lowest BCUT2D eigenvalue weighted by molar-refractivity contribution is 0.00159. The average Bonchev–Trinajstić information content (AvgIpc) is 2.74. The summed E-state index contributed by atoms with van der Waals surface area (Å²) in [6.45, 7) is 5.23. The molecule has 2 fully saturated rings. The van der Waals surface area contributed by atoms with E-state index in [9.17, 15) is 9.18 Å². The van der Waals surface area contributed by atoms with Gasteiger partial charge in [-0.2, -0.15) is 0 Å². The van der Waals surface area contributed by atoms with Gasteiger partial charge in [-0.3, -0.25) is 9.69 Å².